The van der Waals surface area contributed by atoms with E-state index in [0.29, 0.717) is 6.20 Å². The minimum atomic E-state index is -1.66. The summed E-state index contributed by atoms with van der Waals surface area (Å²) >= 11 is 0. The number of hydrogen-bond donors (Lipinski definition) is 2. The molecule has 64 valence electrons. The zero-order valence-electron chi connectivity index (χ0n) is 5.57. The number of carbonyl (C=O) groups is 1. The molecule has 1 aromatic rings. The maximum atomic E-state index is 12.4. The van der Waals surface area contributed by atoms with Gasteiger partial charge >= 0.3 is 11.8 Å². The fourth-order valence-corrected chi connectivity index (χ4v) is 0.590. The summed E-state index contributed by atoms with van der Waals surface area (Å²) in [5, 5.41) is 8.26. The van der Waals surface area contributed by atoms with Crippen molar-refractivity contribution in [2.45, 2.75) is 0 Å². The zero-order chi connectivity index (χ0) is 9.30. The summed E-state index contributed by atoms with van der Waals surface area (Å²) in [7, 11) is 0. The number of H-pyrrole nitrogens is 1. The van der Waals surface area contributed by atoms with Gasteiger partial charge in [-0.1, -0.05) is 0 Å². The Hall–Kier alpha value is -1.92. The molecule has 0 saturated carbocycles. The second-order valence-electron chi connectivity index (χ2n) is 1.89. The number of carboxylic acid groups (broad SMARTS) is 1. The summed E-state index contributed by atoms with van der Waals surface area (Å²) in [6.45, 7) is 0. The van der Waals surface area contributed by atoms with Crippen LogP contribution in [0.4, 0.5) is 9.18 Å². The van der Waals surface area contributed by atoms with Gasteiger partial charge in [-0.25, -0.2) is 14.2 Å². The van der Waals surface area contributed by atoms with Gasteiger partial charge in [0.25, 0.3) is 5.56 Å². The van der Waals surface area contributed by atoms with E-state index in [4.69, 9.17) is 5.11 Å². The lowest BCUT2D eigenvalue weighted by atomic mass is 10.6. The predicted molar refractivity (Wildman–Crippen MR) is 34.7 cm³/mol. The van der Waals surface area contributed by atoms with Gasteiger partial charge in [-0.05, 0) is 0 Å². The lowest BCUT2D eigenvalue weighted by molar-refractivity contribution is 0.194. The van der Waals surface area contributed by atoms with Crippen LogP contribution in [0.3, 0.4) is 0 Å². The van der Waals surface area contributed by atoms with E-state index >= 15 is 0 Å². The fourth-order valence-electron chi connectivity index (χ4n) is 0.590. The van der Waals surface area contributed by atoms with E-state index in [2.05, 4.69) is 0 Å². The Bertz CT molecular complexity index is 432. The molecule has 0 spiro atoms. The van der Waals surface area contributed by atoms with Gasteiger partial charge in [-0.2, -0.15) is 4.39 Å². The number of halogens is 1. The highest BCUT2D eigenvalue weighted by molar-refractivity contribution is 5.67. The molecule has 1 aromatic heterocycles. The van der Waals surface area contributed by atoms with Crippen LogP contribution < -0.4 is 11.2 Å². The van der Waals surface area contributed by atoms with E-state index in [0.717, 1.165) is 0 Å². The van der Waals surface area contributed by atoms with E-state index in [9.17, 15) is 18.8 Å². The van der Waals surface area contributed by atoms with Crippen LogP contribution in [0.1, 0.15) is 0 Å². The van der Waals surface area contributed by atoms with E-state index in [1.165, 1.54) is 4.98 Å². The Labute approximate surface area is 63.9 Å². The van der Waals surface area contributed by atoms with Crippen LogP contribution in [0.2, 0.25) is 0 Å². The predicted octanol–water partition coefficient (Wildman–Crippen LogP) is -0.798. The maximum absolute atomic E-state index is 12.4. The molecule has 1 heterocycles. The van der Waals surface area contributed by atoms with Gasteiger partial charge in [-0.15, -0.1) is 0 Å². The van der Waals surface area contributed by atoms with Gasteiger partial charge in [0, 0.05) is 0 Å². The van der Waals surface area contributed by atoms with Crippen LogP contribution in [0.25, 0.3) is 0 Å². The average Bonchev–Trinajstić information content (AvgIpc) is 1.96. The molecule has 0 bridgehead atoms. The quantitative estimate of drug-likeness (QED) is 0.538. The smallest absolute Gasteiger partial charge is 0.419 e. The number of hydrogen-bond acceptors (Lipinski definition) is 3. The molecular weight excluding hydrogens is 171 g/mol. The number of rotatable bonds is 0. The Kier molecular flexibility index (Phi) is 1.78. The third-order valence-corrected chi connectivity index (χ3v) is 1.10. The van der Waals surface area contributed by atoms with Crippen LogP contribution in [-0.2, 0) is 0 Å². The number of nitrogens with one attached hydrogen (secondary N) is 1. The minimum Gasteiger partial charge on any atom is -0.464 e. The van der Waals surface area contributed by atoms with Crippen LogP contribution in [0.15, 0.2) is 15.8 Å². The molecule has 0 atom stereocenters. The highest BCUT2D eigenvalue weighted by atomic mass is 19.1. The highest BCUT2D eigenvalue weighted by Gasteiger charge is 2.07. The second kappa shape index (κ2) is 2.61. The van der Waals surface area contributed by atoms with Crippen molar-refractivity contribution < 1.29 is 14.3 Å². The highest BCUT2D eigenvalue weighted by Crippen LogP contribution is 1.82. The lowest BCUT2D eigenvalue weighted by Gasteiger charge is -1.95. The van der Waals surface area contributed by atoms with Gasteiger partial charge in [0.05, 0.1) is 6.20 Å². The normalized spacial score (nSPS) is 9.75. The van der Waals surface area contributed by atoms with E-state index in [1.807, 2.05) is 0 Å². The summed E-state index contributed by atoms with van der Waals surface area (Å²) in [6, 6.07) is 0. The summed E-state index contributed by atoms with van der Waals surface area (Å²) < 4.78 is 12.4. The molecule has 0 amide bonds. The SMILES string of the molecule is O=C(O)n1cc(F)c(=O)[nH]c1=O. The van der Waals surface area contributed by atoms with Gasteiger partial charge in [-0.3, -0.25) is 9.78 Å². The molecule has 0 fully saturated rings. The first-order valence-corrected chi connectivity index (χ1v) is 2.77. The Morgan fingerprint density at radius 2 is 2.17 bits per heavy atom. The molecule has 0 radical (unpaired) electrons. The molecule has 0 aromatic carbocycles. The van der Waals surface area contributed by atoms with Gasteiger partial charge < -0.3 is 5.11 Å². The van der Waals surface area contributed by atoms with Crippen molar-refractivity contribution in [3.8, 4) is 0 Å². The largest absolute Gasteiger partial charge is 0.464 e. The van der Waals surface area contributed by atoms with Crippen LogP contribution in [0, 0.1) is 5.82 Å². The van der Waals surface area contributed by atoms with Gasteiger partial charge in [0.1, 0.15) is 0 Å². The topological polar surface area (TPSA) is 92.2 Å². The van der Waals surface area contributed by atoms with Gasteiger partial charge in [0.15, 0.2) is 0 Å². The summed E-state index contributed by atoms with van der Waals surface area (Å²) in [6.07, 6.45) is -1.35. The molecule has 0 aliphatic rings. The second-order valence-corrected chi connectivity index (χ2v) is 1.89. The number of nitrogens with zero attached hydrogens (tertiary/aromatic N) is 1. The van der Waals surface area contributed by atoms with Crippen molar-refractivity contribution in [3.05, 3.63) is 32.9 Å². The Balaban J connectivity index is 3.54. The molecule has 7 heteroatoms. The molecule has 0 aliphatic carbocycles. The standard InChI is InChI=1S/C5H3FN2O4/c6-2-1-8(5(11)12)4(10)7-3(2)9/h1H,(H,11,12)(H,7,9,10). The first kappa shape index (κ1) is 8.18. The molecule has 6 nitrogen and oxygen atoms in total. The molecular formula is C5H3FN2O4. The summed E-state index contributed by atoms with van der Waals surface area (Å²) in [5.41, 5.74) is -2.42. The maximum Gasteiger partial charge on any atom is 0.419 e. The first-order chi connectivity index (χ1) is 5.52. The lowest BCUT2D eigenvalue weighted by Crippen LogP contribution is -2.34. The van der Waals surface area contributed by atoms with Crippen LogP contribution in [-0.4, -0.2) is 20.8 Å². The zero-order valence-corrected chi connectivity index (χ0v) is 5.57. The molecule has 12 heavy (non-hydrogen) atoms. The third-order valence-electron chi connectivity index (χ3n) is 1.10. The van der Waals surface area contributed by atoms with Crippen LogP contribution in [0.5, 0.6) is 0 Å². The van der Waals surface area contributed by atoms with Gasteiger partial charge in [0.2, 0.25) is 5.82 Å². The molecule has 1 rings (SSSR count). The molecule has 0 unspecified atom stereocenters. The van der Waals surface area contributed by atoms with Crippen molar-refractivity contribution in [3.63, 3.8) is 0 Å². The average molecular weight is 174 g/mol. The molecule has 0 saturated heterocycles. The minimum absolute atomic E-state index is 0.0384. The molecule has 0 aliphatic heterocycles. The van der Waals surface area contributed by atoms with E-state index in [1.54, 1.807) is 0 Å². The van der Waals surface area contributed by atoms with Crippen molar-refractivity contribution in [1.82, 2.24) is 9.55 Å². The van der Waals surface area contributed by atoms with Crippen LogP contribution >= 0.6 is 0 Å². The summed E-state index contributed by atoms with van der Waals surface area (Å²) in [5.74, 6) is -1.32. The fraction of sp³-hybridized carbons (Fsp3) is 0. The molecule has 2 N–H and O–H groups in total. The monoisotopic (exact) mass is 174 g/mol. The van der Waals surface area contributed by atoms with E-state index < -0.39 is 23.2 Å². The van der Waals surface area contributed by atoms with Crippen molar-refractivity contribution in [1.29, 1.82) is 0 Å². The number of aromatic amines is 1. The number of aromatic nitrogens is 2. The summed E-state index contributed by atoms with van der Waals surface area (Å²) in [4.78, 5) is 32.6. The van der Waals surface area contributed by atoms with Crippen molar-refractivity contribution in [2.75, 3.05) is 0 Å². The van der Waals surface area contributed by atoms with Crippen molar-refractivity contribution >= 4 is 6.09 Å². The Morgan fingerprint density at radius 1 is 1.58 bits per heavy atom. The first-order valence-electron chi connectivity index (χ1n) is 2.77. The third kappa shape index (κ3) is 1.24. The van der Waals surface area contributed by atoms with Crippen molar-refractivity contribution in [2.24, 2.45) is 0 Å². The Morgan fingerprint density at radius 3 is 2.67 bits per heavy atom. The van der Waals surface area contributed by atoms with E-state index in [-0.39, 0.29) is 4.57 Å².